The molecule has 0 bridgehead atoms. The number of halogens is 5. The van der Waals surface area contributed by atoms with E-state index in [1.807, 2.05) is 13.8 Å². The van der Waals surface area contributed by atoms with E-state index in [-0.39, 0.29) is 42.2 Å². The minimum Gasteiger partial charge on any atom is -0.358 e. The Hall–Kier alpha value is -5.00. The summed E-state index contributed by atoms with van der Waals surface area (Å²) in [6.07, 6.45) is -2.78. The summed E-state index contributed by atoms with van der Waals surface area (Å²) in [7, 11) is 0. The van der Waals surface area contributed by atoms with Crippen LogP contribution in [-0.2, 0) is 22.9 Å². The fraction of sp³-hybridized carbons (Fsp3) is 0.242. The van der Waals surface area contributed by atoms with Crippen LogP contribution in [-0.4, -0.2) is 35.7 Å². The molecule has 0 aliphatic carbocycles. The number of rotatable bonds is 6. The van der Waals surface area contributed by atoms with Gasteiger partial charge < -0.3 is 19.6 Å². The first-order chi connectivity index (χ1) is 21.3. The molecule has 1 fully saturated rings. The first kappa shape index (κ1) is 30.0. The van der Waals surface area contributed by atoms with Crippen LogP contribution in [0.3, 0.4) is 0 Å². The third-order valence-corrected chi connectivity index (χ3v) is 8.09. The molecule has 2 aliphatic rings. The van der Waals surface area contributed by atoms with E-state index in [0.717, 1.165) is 17.7 Å². The van der Waals surface area contributed by atoms with Crippen LogP contribution in [0.5, 0.6) is 0 Å². The van der Waals surface area contributed by atoms with Crippen molar-refractivity contribution in [2.24, 2.45) is 0 Å². The van der Waals surface area contributed by atoms with Crippen molar-refractivity contribution in [3.63, 3.8) is 0 Å². The predicted molar refractivity (Wildman–Crippen MR) is 159 cm³/mol. The molecule has 3 aromatic carbocycles. The Bertz CT molecular complexity index is 1810. The van der Waals surface area contributed by atoms with E-state index in [9.17, 15) is 22.4 Å². The molecule has 232 valence electrons. The summed E-state index contributed by atoms with van der Waals surface area (Å²) in [4.78, 5) is 20.1. The molecule has 4 aromatic rings. The third-order valence-electron chi connectivity index (χ3n) is 8.09. The van der Waals surface area contributed by atoms with Crippen molar-refractivity contribution in [2.45, 2.75) is 32.0 Å². The van der Waals surface area contributed by atoms with Crippen molar-refractivity contribution < 1.29 is 31.3 Å². The van der Waals surface area contributed by atoms with Crippen molar-refractivity contribution in [2.75, 3.05) is 29.4 Å². The van der Waals surface area contributed by atoms with Gasteiger partial charge in [0.1, 0.15) is 11.6 Å². The topological polar surface area (TPSA) is 74.5 Å². The summed E-state index contributed by atoms with van der Waals surface area (Å²) in [6, 6.07) is 13.7. The zero-order chi connectivity index (χ0) is 32.1. The summed E-state index contributed by atoms with van der Waals surface area (Å²) < 4.78 is 74.5. The third kappa shape index (κ3) is 5.79. The molecule has 6 rings (SSSR count). The smallest absolute Gasteiger partial charge is 0.358 e. The van der Waals surface area contributed by atoms with Crippen molar-refractivity contribution in [3.8, 4) is 0 Å². The molecule has 45 heavy (non-hydrogen) atoms. The van der Waals surface area contributed by atoms with Gasteiger partial charge in [-0.15, -0.1) is 0 Å². The molecule has 0 atom stereocenters. The highest BCUT2D eigenvalue weighted by atomic mass is 19.4. The molecule has 0 spiro atoms. The first-order valence-corrected chi connectivity index (χ1v) is 14.1. The second-order valence-electron chi connectivity index (χ2n) is 11.5. The summed E-state index contributed by atoms with van der Waals surface area (Å²) in [5.41, 5.74) is 1.75. The molecule has 1 N–H and O–H groups in total. The molecule has 1 saturated heterocycles. The molecule has 3 heterocycles. The normalized spacial score (nSPS) is 15.6. The molecule has 0 radical (unpaired) electrons. The monoisotopic (exact) mass is 621 g/mol. The average molecular weight is 622 g/mol. The van der Waals surface area contributed by atoms with E-state index in [4.69, 9.17) is 4.52 Å². The number of carbonyl (C=O) groups excluding carboxylic acids is 1. The molecule has 0 unspecified atom stereocenters. The van der Waals surface area contributed by atoms with Gasteiger partial charge in [0.2, 0.25) is 17.6 Å². The van der Waals surface area contributed by atoms with Crippen LogP contribution in [0.1, 0.15) is 47.8 Å². The van der Waals surface area contributed by atoms with Gasteiger partial charge in [0.25, 0.3) is 0 Å². The minimum atomic E-state index is -4.48. The highest BCUT2D eigenvalue weighted by molar-refractivity contribution is 6.08. The van der Waals surface area contributed by atoms with Gasteiger partial charge in [-0.1, -0.05) is 36.0 Å². The van der Waals surface area contributed by atoms with E-state index >= 15 is 4.39 Å². The van der Waals surface area contributed by atoms with Crippen LogP contribution < -0.4 is 15.1 Å². The largest absolute Gasteiger partial charge is 0.416 e. The lowest BCUT2D eigenvalue weighted by atomic mass is 9.84. The fourth-order valence-electron chi connectivity index (χ4n) is 5.46. The maximum absolute atomic E-state index is 15.6. The van der Waals surface area contributed by atoms with Crippen molar-refractivity contribution in [1.29, 1.82) is 0 Å². The zero-order valence-corrected chi connectivity index (χ0v) is 24.4. The van der Waals surface area contributed by atoms with Gasteiger partial charge >= 0.3 is 6.18 Å². The number of nitrogens with zero attached hydrogens (tertiary/aromatic N) is 4. The van der Waals surface area contributed by atoms with Crippen LogP contribution in [0, 0.1) is 11.6 Å². The average Bonchev–Trinajstić information content (AvgIpc) is 3.50. The van der Waals surface area contributed by atoms with Crippen LogP contribution >= 0.6 is 0 Å². The number of allylic oxidation sites excluding steroid dienone is 2. The number of hydrogen-bond donors (Lipinski definition) is 1. The van der Waals surface area contributed by atoms with E-state index in [1.54, 1.807) is 34.2 Å². The number of hydrogen-bond acceptors (Lipinski definition) is 6. The highest BCUT2D eigenvalue weighted by Crippen LogP contribution is 2.44. The number of carbonyl (C=O) groups is 1. The van der Waals surface area contributed by atoms with Gasteiger partial charge in [-0.3, -0.25) is 4.79 Å². The Balaban J connectivity index is 1.41. The highest BCUT2D eigenvalue weighted by Gasteiger charge is 2.34. The van der Waals surface area contributed by atoms with Gasteiger partial charge in [-0.05, 0) is 66.9 Å². The lowest BCUT2D eigenvalue weighted by Crippen LogP contribution is -2.48. The summed E-state index contributed by atoms with van der Waals surface area (Å²) in [6.45, 7) is 8.77. The molecule has 1 amide bonds. The number of fused-ring (bicyclic) bond motifs is 1. The van der Waals surface area contributed by atoms with Crippen molar-refractivity contribution in [3.05, 3.63) is 119 Å². The van der Waals surface area contributed by atoms with Gasteiger partial charge in [0.05, 0.1) is 28.9 Å². The van der Waals surface area contributed by atoms with E-state index in [0.29, 0.717) is 41.1 Å². The summed E-state index contributed by atoms with van der Waals surface area (Å²) in [5.74, 6) is -0.752. The van der Waals surface area contributed by atoms with E-state index in [1.165, 1.54) is 30.3 Å². The molecular weight excluding hydrogens is 593 g/mol. The second-order valence-corrected chi connectivity index (χ2v) is 11.5. The number of aromatic nitrogens is 2. The maximum Gasteiger partial charge on any atom is 0.416 e. The predicted octanol–water partition coefficient (Wildman–Crippen LogP) is 6.70. The Morgan fingerprint density at radius 1 is 0.978 bits per heavy atom. The SMILES string of the molecule is C=C1C(c2noc(C(C)(C)c3ccc(F)cc3)n2)=CN(Cc2ccc(C(F)(F)F)cc2)c2cc(N3CCNC(=O)C3)c(F)cc21. The van der Waals surface area contributed by atoms with Crippen molar-refractivity contribution >= 4 is 28.4 Å². The number of nitrogens with one attached hydrogen (secondary N) is 1. The van der Waals surface area contributed by atoms with Gasteiger partial charge in [-0.2, -0.15) is 18.2 Å². The molecule has 1 aromatic heterocycles. The minimum absolute atomic E-state index is 0.0217. The van der Waals surface area contributed by atoms with Gasteiger partial charge in [-0.25, -0.2) is 8.78 Å². The van der Waals surface area contributed by atoms with Crippen molar-refractivity contribution in [1.82, 2.24) is 15.5 Å². The molecule has 7 nitrogen and oxygen atoms in total. The fourth-order valence-corrected chi connectivity index (χ4v) is 5.46. The Morgan fingerprint density at radius 3 is 2.33 bits per heavy atom. The van der Waals surface area contributed by atoms with Crippen LogP contribution in [0.2, 0.25) is 0 Å². The summed E-state index contributed by atoms with van der Waals surface area (Å²) >= 11 is 0. The second kappa shape index (κ2) is 11.2. The number of piperazine rings is 1. The molecule has 12 heteroatoms. The standard InChI is InChI=1S/C33H28F5N5O2/c1-19-24-14-26(35)28(42-13-12-39-29(44)18-42)15-27(24)43(16-20-4-6-22(7-5-20)33(36,37)38)17-25(19)30-40-31(45-41-30)32(2,3)21-8-10-23(34)11-9-21/h4-11,14-15,17H,1,12-13,16,18H2,2-3H3,(H,39,44). The van der Waals surface area contributed by atoms with Crippen LogP contribution in [0.25, 0.3) is 11.1 Å². The Kier molecular flexibility index (Phi) is 7.46. The quantitative estimate of drug-likeness (QED) is 0.242. The number of alkyl halides is 3. The van der Waals surface area contributed by atoms with Crippen LogP contribution in [0.4, 0.5) is 33.3 Å². The number of amides is 1. The Morgan fingerprint density at radius 2 is 1.67 bits per heavy atom. The lowest BCUT2D eigenvalue weighted by molar-refractivity contribution is -0.137. The lowest BCUT2D eigenvalue weighted by Gasteiger charge is -2.34. The maximum atomic E-state index is 15.6. The van der Waals surface area contributed by atoms with Gasteiger partial charge in [0.15, 0.2) is 0 Å². The molecular formula is C33H28F5N5O2. The van der Waals surface area contributed by atoms with E-state index < -0.39 is 23.0 Å². The molecule has 0 saturated carbocycles. The number of benzene rings is 3. The zero-order valence-electron chi connectivity index (χ0n) is 24.4. The molecule has 2 aliphatic heterocycles. The van der Waals surface area contributed by atoms with E-state index in [2.05, 4.69) is 22.0 Å². The Labute approximate surface area is 255 Å². The van der Waals surface area contributed by atoms with Crippen LogP contribution in [0.15, 0.2) is 78.0 Å². The number of anilines is 2. The van der Waals surface area contributed by atoms with Gasteiger partial charge in [0, 0.05) is 37.0 Å². The summed E-state index contributed by atoms with van der Waals surface area (Å²) in [5, 5.41) is 6.91. The first-order valence-electron chi connectivity index (χ1n) is 14.1.